The highest BCUT2D eigenvalue weighted by molar-refractivity contribution is 9.10. The number of rotatable bonds is 5. The molecule has 2 nitrogen and oxygen atoms in total. The van der Waals surface area contributed by atoms with Crippen molar-refractivity contribution in [3.63, 3.8) is 0 Å². The van der Waals surface area contributed by atoms with Gasteiger partial charge in [0.15, 0.2) is 0 Å². The highest BCUT2D eigenvalue weighted by Gasteiger charge is 2.23. The van der Waals surface area contributed by atoms with E-state index in [9.17, 15) is 0 Å². The minimum Gasteiger partial charge on any atom is -0.378 e. The Morgan fingerprint density at radius 3 is 2.80 bits per heavy atom. The fraction of sp³-hybridized carbons (Fsp3) is 0.647. The Hall–Kier alpha value is -0.380. The molecule has 1 heterocycles. The maximum Gasteiger partial charge on any atom is 0.0582 e. The van der Waals surface area contributed by atoms with E-state index in [0.717, 1.165) is 24.0 Å². The molecule has 0 radical (unpaired) electrons. The second kappa shape index (κ2) is 7.06. The third-order valence-corrected chi connectivity index (χ3v) is 4.26. The molecular formula is C17H26BrNO. The molecule has 20 heavy (non-hydrogen) atoms. The van der Waals surface area contributed by atoms with Crippen LogP contribution in [0.3, 0.4) is 0 Å². The van der Waals surface area contributed by atoms with Crippen molar-refractivity contribution in [2.75, 3.05) is 13.2 Å². The van der Waals surface area contributed by atoms with Crippen molar-refractivity contribution in [3.8, 4) is 0 Å². The topological polar surface area (TPSA) is 21.3 Å². The largest absolute Gasteiger partial charge is 0.378 e. The highest BCUT2D eigenvalue weighted by Crippen LogP contribution is 2.28. The highest BCUT2D eigenvalue weighted by atomic mass is 79.9. The van der Waals surface area contributed by atoms with Gasteiger partial charge < -0.3 is 10.1 Å². The van der Waals surface area contributed by atoms with Gasteiger partial charge in [0, 0.05) is 23.2 Å². The van der Waals surface area contributed by atoms with Crippen LogP contribution in [0.2, 0.25) is 0 Å². The maximum atomic E-state index is 5.83. The van der Waals surface area contributed by atoms with Gasteiger partial charge in [0.1, 0.15) is 0 Å². The smallest absolute Gasteiger partial charge is 0.0582 e. The predicted octanol–water partition coefficient (Wildman–Crippen LogP) is 4.49. The second-order valence-electron chi connectivity index (χ2n) is 6.75. The monoisotopic (exact) mass is 339 g/mol. The number of halogens is 1. The van der Waals surface area contributed by atoms with Crippen LogP contribution in [0.15, 0.2) is 28.7 Å². The molecule has 1 aromatic rings. The molecule has 1 fully saturated rings. The lowest BCUT2D eigenvalue weighted by molar-refractivity contribution is 0.0970. The summed E-state index contributed by atoms with van der Waals surface area (Å²) in [7, 11) is 0. The molecule has 0 aliphatic carbocycles. The number of ether oxygens (including phenoxy) is 1. The fourth-order valence-electron chi connectivity index (χ4n) is 2.67. The number of nitrogens with one attached hydrogen (secondary N) is 1. The summed E-state index contributed by atoms with van der Waals surface area (Å²) in [6.07, 6.45) is 3.96. The fourth-order valence-corrected chi connectivity index (χ4v) is 3.09. The number of benzene rings is 1. The lowest BCUT2D eigenvalue weighted by atomic mass is 9.91. The van der Waals surface area contributed by atoms with E-state index in [1.54, 1.807) is 0 Å². The summed E-state index contributed by atoms with van der Waals surface area (Å²) in [6.45, 7) is 8.59. The van der Waals surface area contributed by atoms with E-state index in [2.05, 4.69) is 66.3 Å². The Morgan fingerprint density at radius 2 is 2.20 bits per heavy atom. The van der Waals surface area contributed by atoms with E-state index in [4.69, 9.17) is 4.74 Å². The molecule has 0 spiro atoms. The first-order chi connectivity index (χ1) is 9.44. The van der Waals surface area contributed by atoms with Crippen molar-refractivity contribution >= 4 is 15.9 Å². The van der Waals surface area contributed by atoms with Crippen molar-refractivity contribution in [3.05, 3.63) is 34.3 Å². The van der Waals surface area contributed by atoms with Crippen molar-refractivity contribution < 1.29 is 4.74 Å². The predicted molar refractivity (Wildman–Crippen MR) is 88.2 cm³/mol. The molecule has 2 rings (SSSR count). The average Bonchev–Trinajstić information content (AvgIpc) is 2.86. The first-order valence-electron chi connectivity index (χ1n) is 7.56. The molecule has 1 saturated heterocycles. The van der Waals surface area contributed by atoms with Gasteiger partial charge in [-0.3, -0.25) is 0 Å². The SMILES string of the molecule is CC(C)(C)NCC(CC1CCCO1)c1cccc(Br)c1. The third-order valence-electron chi connectivity index (χ3n) is 3.77. The quantitative estimate of drug-likeness (QED) is 0.853. The molecule has 1 N–H and O–H groups in total. The second-order valence-corrected chi connectivity index (χ2v) is 7.67. The molecule has 2 unspecified atom stereocenters. The average molecular weight is 340 g/mol. The van der Waals surface area contributed by atoms with Gasteiger partial charge in [0.25, 0.3) is 0 Å². The zero-order valence-electron chi connectivity index (χ0n) is 12.8. The normalized spacial score (nSPS) is 21.1. The van der Waals surface area contributed by atoms with Gasteiger partial charge in [-0.15, -0.1) is 0 Å². The van der Waals surface area contributed by atoms with Crippen LogP contribution < -0.4 is 5.32 Å². The van der Waals surface area contributed by atoms with Crippen LogP contribution in [-0.2, 0) is 4.74 Å². The maximum absolute atomic E-state index is 5.83. The summed E-state index contributed by atoms with van der Waals surface area (Å²) >= 11 is 3.58. The third kappa shape index (κ3) is 5.19. The van der Waals surface area contributed by atoms with Gasteiger partial charge in [-0.25, -0.2) is 0 Å². The number of hydrogen-bond acceptors (Lipinski definition) is 2. The van der Waals surface area contributed by atoms with Crippen LogP contribution in [0, 0.1) is 0 Å². The van der Waals surface area contributed by atoms with Crippen LogP contribution in [-0.4, -0.2) is 24.8 Å². The van der Waals surface area contributed by atoms with Crippen LogP contribution in [0.25, 0.3) is 0 Å². The Bertz CT molecular complexity index is 421. The van der Waals surface area contributed by atoms with E-state index < -0.39 is 0 Å². The molecule has 112 valence electrons. The van der Waals surface area contributed by atoms with E-state index >= 15 is 0 Å². The van der Waals surface area contributed by atoms with Gasteiger partial charge in [-0.2, -0.15) is 0 Å². The van der Waals surface area contributed by atoms with Crippen molar-refractivity contribution in [2.24, 2.45) is 0 Å². The molecule has 0 amide bonds. The van der Waals surface area contributed by atoms with Crippen LogP contribution in [0.5, 0.6) is 0 Å². The Kier molecular flexibility index (Phi) is 5.65. The Morgan fingerprint density at radius 1 is 1.40 bits per heavy atom. The standard InChI is InChI=1S/C17H26BrNO/c1-17(2,3)19-12-14(11-16-8-5-9-20-16)13-6-4-7-15(18)10-13/h4,6-7,10,14,16,19H,5,8-9,11-12H2,1-3H3. The van der Waals surface area contributed by atoms with Crippen molar-refractivity contribution in [1.82, 2.24) is 5.32 Å². The first-order valence-corrected chi connectivity index (χ1v) is 8.35. The Balaban J connectivity index is 2.06. The molecule has 1 aromatic carbocycles. The lowest BCUT2D eigenvalue weighted by Gasteiger charge is -2.27. The van der Waals surface area contributed by atoms with Gasteiger partial charge >= 0.3 is 0 Å². The minimum atomic E-state index is 0.154. The molecule has 1 aliphatic rings. The molecule has 0 bridgehead atoms. The molecule has 0 aromatic heterocycles. The molecule has 3 heteroatoms. The van der Waals surface area contributed by atoms with E-state index in [-0.39, 0.29) is 5.54 Å². The Labute approximate surface area is 131 Å². The van der Waals surface area contributed by atoms with Gasteiger partial charge in [0.05, 0.1) is 6.10 Å². The lowest BCUT2D eigenvalue weighted by Crippen LogP contribution is -2.39. The molecule has 1 aliphatic heterocycles. The summed E-state index contributed by atoms with van der Waals surface area (Å²) in [5.74, 6) is 0.509. The van der Waals surface area contributed by atoms with Crippen LogP contribution in [0.4, 0.5) is 0 Å². The summed E-state index contributed by atoms with van der Waals surface area (Å²) in [5.41, 5.74) is 1.55. The first kappa shape index (κ1) is 16.0. The molecule has 2 atom stereocenters. The van der Waals surface area contributed by atoms with E-state index in [1.165, 1.54) is 18.4 Å². The summed E-state index contributed by atoms with van der Waals surface area (Å²) in [6, 6.07) is 8.68. The van der Waals surface area contributed by atoms with Gasteiger partial charge in [-0.1, -0.05) is 28.1 Å². The number of hydrogen-bond donors (Lipinski definition) is 1. The summed E-state index contributed by atoms with van der Waals surface area (Å²) in [5, 5.41) is 3.64. The molecule has 0 saturated carbocycles. The minimum absolute atomic E-state index is 0.154. The van der Waals surface area contributed by atoms with Gasteiger partial charge in [0.2, 0.25) is 0 Å². The van der Waals surface area contributed by atoms with Crippen LogP contribution >= 0.6 is 15.9 Å². The van der Waals surface area contributed by atoms with E-state index in [1.807, 2.05) is 0 Å². The van der Waals surface area contributed by atoms with Crippen LogP contribution in [0.1, 0.15) is 51.5 Å². The van der Waals surface area contributed by atoms with Gasteiger partial charge in [-0.05, 0) is 63.6 Å². The zero-order chi connectivity index (χ0) is 14.6. The van der Waals surface area contributed by atoms with E-state index in [0.29, 0.717) is 12.0 Å². The zero-order valence-corrected chi connectivity index (χ0v) is 14.4. The van der Waals surface area contributed by atoms with Crippen molar-refractivity contribution in [2.45, 2.75) is 57.6 Å². The van der Waals surface area contributed by atoms with Crippen molar-refractivity contribution in [1.29, 1.82) is 0 Å². The molecular weight excluding hydrogens is 314 g/mol. The summed E-state index contributed by atoms with van der Waals surface area (Å²) < 4.78 is 6.98. The summed E-state index contributed by atoms with van der Waals surface area (Å²) in [4.78, 5) is 0.